The van der Waals surface area contributed by atoms with E-state index in [1.54, 1.807) is 0 Å². The molecule has 1 fully saturated rings. The highest BCUT2D eigenvalue weighted by molar-refractivity contribution is 6.05. The van der Waals surface area contributed by atoms with Crippen molar-refractivity contribution in [2.75, 3.05) is 18.5 Å². The predicted molar refractivity (Wildman–Crippen MR) is 113 cm³/mol. The van der Waals surface area contributed by atoms with Gasteiger partial charge in [0.1, 0.15) is 12.4 Å². The number of anilines is 1. The number of hydrogen-bond acceptors (Lipinski definition) is 3. The minimum Gasteiger partial charge on any atom is -0.491 e. The first-order valence-electron chi connectivity index (χ1n) is 10.2. The van der Waals surface area contributed by atoms with E-state index in [1.165, 1.54) is 0 Å². The summed E-state index contributed by atoms with van der Waals surface area (Å²) >= 11 is 0. The molecule has 1 heterocycles. The van der Waals surface area contributed by atoms with Crippen LogP contribution in [0.25, 0.3) is 0 Å². The maximum Gasteiger partial charge on any atom is 0.255 e. The third-order valence-corrected chi connectivity index (χ3v) is 5.19. The van der Waals surface area contributed by atoms with Crippen molar-refractivity contribution < 1.29 is 14.3 Å². The molecular formula is C24H31NO3. The first kappa shape index (κ1) is 20.4. The smallest absolute Gasteiger partial charge is 0.255 e. The van der Waals surface area contributed by atoms with Gasteiger partial charge in [0.25, 0.3) is 5.91 Å². The van der Waals surface area contributed by atoms with Gasteiger partial charge < -0.3 is 14.8 Å². The number of carbonyl (C=O) groups is 1. The molecule has 1 aliphatic heterocycles. The van der Waals surface area contributed by atoms with Crippen LogP contribution in [0.2, 0.25) is 0 Å². The molecule has 1 amide bonds. The van der Waals surface area contributed by atoms with Crippen molar-refractivity contribution in [3.05, 3.63) is 59.2 Å². The van der Waals surface area contributed by atoms with E-state index >= 15 is 0 Å². The van der Waals surface area contributed by atoms with E-state index in [2.05, 4.69) is 51.2 Å². The van der Waals surface area contributed by atoms with Crippen molar-refractivity contribution >= 4 is 11.6 Å². The molecule has 1 N–H and O–H groups in total. The number of para-hydroxylation sites is 1. The molecule has 0 aliphatic carbocycles. The lowest BCUT2D eigenvalue weighted by molar-refractivity contribution is 0.0679. The van der Waals surface area contributed by atoms with Crippen molar-refractivity contribution in [1.82, 2.24) is 0 Å². The summed E-state index contributed by atoms with van der Waals surface area (Å²) in [6, 6.07) is 13.6. The Morgan fingerprint density at radius 1 is 1.07 bits per heavy atom. The second-order valence-corrected chi connectivity index (χ2v) is 8.05. The van der Waals surface area contributed by atoms with Crippen molar-refractivity contribution in [3.8, 4) is 5.75 Å². The van der Waals surface area contributed by atoms with Gasteiger partial charge in [-0.2, -0.15) is 0 Å². The molecule has 0 spiro atoms. The van der Waals surface area contributed by atoms with Crippen molar-refractivity contribution in [3.63, 3.8) is 0 Å². The van der Waals surface area contributed by atoms with E-state index in [9.17, 15) is 4.79 Å². The second kappa shape index (κ2) is 9.24. The lowest BCUT2D eigenvalue weighted by atomic mass is 9.92. The zero-order chi connectivity index (χ0) is 20.1. The third kappa shape index (κ3) is 4.93. The van der Waals surface area contributed by atoms with Crippen LogP contribution < -0.4 is 10.1 Å². The summed E-state index contributed by atoms with van der Waals surface area (Å²) in [6.07, 6.45) is 2.34. The first-order chi connectivity index (χ1) is 13.5. The van der Waals surface area contributed by atoms with Gasteiger partial charge in [0.15, 0.2) is 0 Å². The SMILES string of the molecule is CC(C)c1cccc(C(C)C)c1NC(=O)c1ccc(OCC2CCCO2)cc1. The minimum atomic E-state index is -0.0966. The van der Waals surface area contributed by atoms with E-state index in [0.717, 1.165) is 42.0 Å². The van der Waals surface area contributed by atoms with Gasteiger partial charge in [-0.1, -0.05) is 45.9 Å². The van der Waals surface area contributed by atoms with E-state index in [4.69, 9.17) is 9.47 Å². The average molecular weight is 382 g/mol. The zero-order valence-electron chi connectivity index (χ0n) is 17.3. The van der Waals surface area contributed by atoms with Crippen LogP contribution in [0.4, 0.5) is 5.69 Å². The van der Waals surface area contributed by atoms with Gasteiger partial charge in [0, 0.05) is 17.9 Å². The number of ether oxygens (including phenoxy) is 2. The third-order valence-electron chi connectivity index (χ3n) is 5.19. The molecule has 0 bridgehead atoms. The maximum atomic E-state index is 12.9. The fourth-order valence-electron chi connectivity index (χ4n) is 3.55. The molecular weight excluding hydrogens is 350 g/mol. The molecule has 4 heteroatoms. The van der Waals surface area contributed by atoms with Crippen molar-refractivity contribution in [1.29, 1.82) is 0 Å². The van der Waals surface area contributed by atoms with Gasteiger partial charge in [-0.25, -0.2) is 0 Å². The molecule has 2 aromatic rings. The Balaban J connectivity index is 1.71. The molecule has 0 saturated carbocycles. The highest BCUT2D eigenvalue weighted by atomic mass is 16.5. The normalized spacial score (nSPS) is 16.6. The number of nitrogens with one attached hydrogen (secondary N) is 1. The van der Waals surface area contributed by atoms with E-state index < -0.39 is 0 Å². The van der Waals surface area contributed by atoms with Gasteiger partial charge in [-0.15, -0.1) is 0 Å². The van der Waals surface area contributed by atoms with Crippen LogP contribution in [-0.4, -0.2) is 25.2 Å². The minimum absolute atomic E-state index is 0.0966. The Morgan fingerprint density at radius 2 is 1.71 bits per heavy atom. The Hall–Kier alpha value is -2.33. The lowest BCUT2D eigenvalue weighted by Crippen LogP contribution is -2.17. The van der Waals surface area contributed by atoms with Crippen LogP contribution in [0.5, 0.6) is 5.75 Å². The van der Waals surface area contributed by atoms with E-state index in [-0.39, 0.29) is 12.0 Å². The zero-order valence-corrected chi connectivity index (χ0v) is 17.3. The lowest BCUT2D eigenvalue weighted by Gasteiger charge is -2.20. The average Bonchev–Trinajstić information content (AvgIpc) is 3.20. The molecule has 1 atom stereocenters. The summed E-state index contributed by atoms with van der Waals surface area (Å²) in [4.78, 5) is 12.9. The van der Waals surface area contributed by atoms with Crippen LogP contribution in [0.15, 0.2) is 42.5 Å². The van der Waals surface area contributed by atoms with Crippen LogP contribution >= 0.6 is 0 Å². The number of hydrogen-bond donors (Lipinski definition) is 1. The molecule has 4 nitrogen and oxygen atoms in total. The standard InChI is InChI=1S/C24H31NO3/c1-16(2)21-8-5-9-22(17(3)4)23(21)25-24(26)18-10-12-19(13-11-18)28-15-20-7-6-14-27-20/h5,8-13,16-17,20H,6-7,14-15H2,1-4H3,(H,25,26). The summed E-state index contributed by atoms with van der Waals surface area (Å²) in [5.41, 5.74) is 3.89. The van der Waals surface area contributed by atoms with Gasteiger partial charge in [0.2, 0.25) is 0 Å². The predicted octanol–water partition coefficient (Wildman–Crippen LogP) is 5.74. The quantitative estimate of drug-likeness (QED) is 0.665. The highest BCUT2D eigenvalue weighted by Crippen LogP contribution is 2.32. The highest BCUT2D eigenvalue weighted by Gasteiger charge is 2.18. The molecule has 1 aliphatic rings. The van der Waals surface area contributed by atoms with Crippen LogP contribution in [0.1, 0.15) is 73.9 Å². The van der Waals surface area contributed by atoms with Gasteiger partial charge >= 0.3 is 0 Å². The largest absolute Gasteiger partial charge is 0.491 e. The number of amides is 1. The fraction of sp³-hybridized carbons (Fsp3) is 0.458. The Bertz CT molecular complexity index is 764. The number of carbonyl (C=O) groups excluding carboxylic acids is 1. The van der Waals surface area contributed by atoms with Crippen LogP contribution in [0.3, 0.4) is 0 Å². The van der Waals surface area contributed by atoms with E-state index in [0.29, 0.717) is 24.0 Å². The van der Waals surface area contributed by atoms with E-state index in [1.807, 2.05) is 24.3 Å². The summed E-state index contributed by atoms with van der Waals surface area (Å²) in [7, 11) is 0. The number of rotatable bonds is 7. The summed E-state index contributed by atoms with van der Waals surface area (Å²) in [6.45, 7) is 9.98. The fourth-order valence-corrected chi connectivity index (χ4v) is 3.55. The molecule has 1 saturated heterocycles. The molecule has 0 radical (unpaired) electrons. The van der Waals surface area contributed by atoms with Crippen LogP contribution in [-0.2, 0) is 4.74 Å². The molecule has 28 heavy (non-hydrogen) atoms. The monoisotopic (exact) mass is 381 g/mol. The summed E-state index contributed by atoms with van der Waals surface area (Å²) in [5.74, 6) is 1.34. The number of benzene rings is 2. The topological polar surface area (TPSA) is 47.6 Å². The van der Waals surface area contributed by atoms with Gasteiger partial charge in [-0.05, 0) is 60.1 Å². The summed E-state index contributed by atoms with van der Waals surface area (Å²) < 4.78 is 11.4. The Morgan fingerprint density at radius 3 is 2.25 bits per heavy atom. The van der Waals surface area contributed by atoms with Gasteiger partial charge in [0.05, 0.1) is 6.10 Å². The maximum absolute atomic E-state index is 12.9. The molecule has 3 rings (SSSR count). The summed E-state index contributed by atoms with van der Waals surface area (Å²) in [5, 5.41) is 3.15. The van der Waals surface area contributed by atoms with Crippen LogP contribution in [0, 0.1) is 0 Å². The Kier molecular flexibility index (Phi) is 6.74. The van der Waals surface area contributed by atoms with Crippen molar-refractivity contribution in [2.24, 2.45) is 0 Å². The second-order valence-electron chi connectivity index (χ2n) is 8.05. The first-order valence-corrected chi connectivity index (χ1v) is 10.2. The molecule has 1 unspecified atom stereocenters. The van der Waals surface area contributed by atoms with Gasteiger partial charge in [-0.3, -0.25) is 4.79 Å². The molecule has 0 aromatic heterocycles. The molecule has 2 aromatic carbocycles. The Labute approximate surface area is 168 Å². The molecule has 150 valence electrons. The van der Waals surface area contributed by atoms with Crippen molar-refractivity contribution in [2.45, 2.75) is 58.5 Å².